The first kappa shape index (κ1) is 16.5. The molecule has 0 fully saturated rings. The molecule has 0 rings (SSSR count). The van der Waals surface area contributed by atoms with Gasteiger partial charge in [0.05, 0.1) is 12.7 Å². The molecule has 14 heavy (non-hydrogen) atoms. The third kappa shape index (κ3) is 5.71. The molecule has 6 nitrogen and oxygen atoms in total. The number of halogens is 1. The van der Waals surface area contributed by atoms with E-state index in [1.54, 1.807) is 0 Å². The number of aliphatic hydroxyl groups excluding tert-OH is 5. The summed E-state index contributed by atoms with van der Waals surface area (Å²) in [7, 11) is 0. The highest BCUT2D eigenvalue weighted by Crippen LogP contribution is 2.03. The van der Waals surface area contributed by atoms with E-state index in [1.807, 2.05) is 0 Å². The van der Waals surface area contributed by atoms with E-state index < -0.39 is 31.0 Å². The van der Waals surface area contributed by atoms with Gasteiger partial charge in [-0.1, -0.05) is 0 Å². The summed E-state index contributed by atoms with van der Waals surface area (Å²) in [5, 5.41) is 44.2. The number of hydrogen-bond acceptors (Lipinski definition) is 6. The largest absolute Gasteiger partial charge is 0.394 e. The second-order valence-corrected chi connectivity index (χ2v) is 2.53. The molecule has 0 aromatic heterocycles. The van der Waals surface area contributed by atoms with Gasteiger partial charge in [-0.15, -0.1) is 11.6 Å². The monoisotopic (exact) mass is 231 g/mol. The molecule has 0 spiro atoms. The molecule has 4 atom stereocenters. The van der Waals surface area contributed by atoms with Gasteiger partial charge in [0.15, 0.2) is 0 Å². The highest BCUT2D eigenvalue weighted by molar-refractivity contribution is 6.15. The van der Waals surface area contributed by atoms with E-state index >= 15 is 0 Å². The van der Waals surface area contributed by atoms with Crippen LogP contribution in [0.2, 0.25) is 0 Å². The normalized spacial score (nSPS) is 18.9. The van der Waals surface area contributed by atoms with Crippen molar-refractivity contribution < 1.29 is 25.5 Å². The zero-order valence-electron chi connectivity index (χ0n) is 7.91. The Morgan fingerprint density at radius 2 is 1.36 bits per heavy atom. The van der Waals surface area contributed by atoms with Crippen LogP contribution in [0.5, 0.6) is 0 Å². The van der Waals surface area contributed by atoms with Gasteiger partial charge in [0.25, 0.3) is 0 Å². The fourth-order valence-corrected chi connectivity index (χ4v) is 0.703. The van der Waals surface area contributed by atoms with Crippen LogP contribution >= 0.6 is 11.6 Å². The van der Waals surface area contributed by atoms with E-state index in [9.17, 15) is 0 Å². The highest BCUT2D eigenvalue weighted by atomic mass is 35.5. The van der Waals surface area contributed by atoms with Crippen LogP contribution in [0.25, 0.3) is 0 Å². The van der Waals surface area contributed by atoms with Crippen LogP contribution in [0, 0.1) is 0 Å². The molecular weight excluding hydrogens is 214 g/mol. The molecule has 0 saturated carbocycles. The van der Waals surface area contributed by atoms with Crippen molar-refractivity contribution in [1.29, 1.82) is 0 Å². The Balaban J connectivity index is 0. The van der Waals surface area contributed by atoms with Crippen LogP contribution in [0.15, 0.2) is 0 Å². The topological polar surface area (TPSA) is 127 Å². The van der Waals surface area contributed by atoms with E-state index in [0.717, 1.165) is 0 Å². The molecule has 7 heteroatoms. The average molecular weight is 232 g/mol. The van der Waals surface area contributed by atoms with Crippen molar-refractivity contribution in [1.82, 2.24) is 0 Å². The number of alkyl halides is 1. The molecule has 0 aliphatic carbocycles. The first-order valence-corrected chi connectivity index (χ1v) is 4.71. The Morgan fingerprint density at radius 1 is 1.00 bits per heavy atom. The molecule has 0 aromatic rings. The maximum Gasteiger partial charge on any atom is 0.111 e. The van der Waals surface area contributed by atoms with Crippen LogP contribution in [-0.2, 0) is 0 Å². The molecule has 0 aliphatic rings. The van der Waals surface area contributed by atoms with Crippen molar-refractivity contribution in [3.05, 3.63) is 0 Å². The van der Waals surface area contributed by atoms with Crippen molar-refractivity contribution in [2.24, 2.45) is 5.73 Å². The summed E-state index contributed by atoms with van der Waals surface area (Å²) >= 11 is 4.64. The third-order valence-corrected chi connectivity index (χ3v) is 1.57. The first-order chi connectivity index (χ1) is 6.54. The Bertz CT molecular complexity index is 115. The molecule has 0 heterocycles. The van der Waals surface area contributed by atoms with E-state index in [1.165, 1.54) is 6.38 Å². The van der Waals surface area contributed by atoms with Crippen molar-refractivity contribution in [3.8, 4) is 0 Å². The molecule has 7 N–H and O–H groups in total. The smallest absolute Gasteiger partial charge is 0.111 e. The SMILES string of the molecule is CCl.NC[C@H](O)[C@@H](O)[C@H](O)[C@H](O)CO. The predicted octanol–water partition coefficient (Wildman–Crippen LogP) is -2.76. The Hall–Kier alpha value is 0.0500. The number of rotatable bonds is 5. The first-order valence-electron chi connectivity index (χ1n) is 3.95. The van der Waals surface area contributed by atoms with Crippen molar-refractivity contribution >= 4 is 11.6 Å². The standard InChI is InChI=1S/C6H15NO5.CH3Cl/c7-1-3(9)5(11)6(12)4(10)2-8;1-2/h3-6,8-12H,1-2,7H2;1H3/t3-,4+,5+,6+;/m0./s1. The van der Waals surface area contributed by atoms with Crippen molar-refractivity contribution in [2.75, 3.05) is 19.5 Å². The molecule has 0 radical (unpaired) electrons. The summed E-state index contributed by atoms with van der Waals surface area (Å²) in [6.07, 6.45) is -4.44. The Morgan fingerprint density at radius 3 is 1.64 bits per heavy atom. The van der Waals surface area contributed by atoms with E-state index in [4.69, 9.17) is 31.3 Å². The van der Waals surface area contributed by atoms with Gasteiger partial charge in [0.1, 0.15) is 18.3 Å². The molecule has 88 valence electrons. The van der Waals surface area contributed by atoms with Crippen LogP contribution < -0.4 is 5.73 Å². The lowest BCUT2D eigenvalue weighted by molar-refractivity contribution is -0.112. The molecule has 0 unspecified atom stereocenters. The van der Waals surface area contributed by atoms with Gasteiger partial charge in [-0.3, -0.25) is 0 Å². The lowest BCUT2D eigenvalue weighted by atomic mass is 10.0. The van der Waals surface area contributed by atoms with Crippen LogP contribution in [0.4, 0.5) is 0 Å². The second-order valence-electron chi connectivity index (χ2n) is 2.53. The number of hydrogen-bond donors (Lipinski definition) is 6. The summed E-state index contributed by atoms with van der Waals surface area (Å²) in [6, 6.07) is 0. The maximum absolute atomic E-state index is 9.04. The van der Waals surface area contributed by atoms with Crippen LogP contribution in [-0.4, -0.2) is 69.5 Å². The minimum absolute atomic E-state index is 0.226. The fraction of sp³-hybridized carbons (Fsp3) is 1.00. The lowest BCUT2D eigenvalue weighted by Crippen LogP contribution is -2.48. The van der Waals surface area contributed by atoms with E-state index in [0.29, 0.717) is 0 Å². The molecule has 0 bridgehead atoms. The van der Waals surface area contributed by atoms with Gasteiger partial charge in [-0.25, -0.2) is 0 Å². The maximum atomic E-state index is 9.04. The van der Waals surface area contributed by atoms with E-state index in [2.05, 4.69) is 11.6 Å². The fourth-order valence-electron chi connectivity index (χ4n) is 0.703. The minimum atomic E-state index is -1.59. The zero-order valence-corrected chi connectivity index (χ0v) is 8.67. The van der Waals surface area contributed by atoms with Gasteiger partial charge in [0, 0.05) is 12.9 Å². The Kier molecular flexibility index (Phi) is 11.3. The molecule has 0 amide bonds. The summed E-state index contributed by atoms with van der Waals surface area (Å²) in [5.41, 5.74) is 4.99. The summed E-state index contributed by atoms with van der Waals surface area (Å²) in [6.45, 7) is -0.911. The quantitative estimate of drug-likeness (QED) is 0.285. The Labute approximate surface area is 87.5 Å². The zero-order chi connectivity index (χ0) is 11.7. The average Bonchev–Trinajstić information content (AvgIpc) is 2.27. The minimum Gasteiger partial charge on any atom is -0.394 e. The second kappa shape index (κ2) is 9.60. The molecule has 0 saturated heterocycles. The summed E-state index contributed by atoms with van der Waals surface area (Å²) < 4.78 is 0. The van der Waals surface area contributed by atoms with Crippen molar-refractivity contribution in [2.45, 2.75) is 24.4 Å². The molecular formula is C7H18ClNO5. The van der Waals surface area contributed by atoms with Crippen LogP contribution in [0.1, 0.15) is 0 Å². The van der Waals surface area contributed by atoms with Crippen molar-refractivity contribution in [3.63, 3.8) is 0 Å². The molecule has 0 aromatic carbocycles. The van der Waals surface area contributed by atoms with Gasteiger partial charge >= 0.3 is 0 Å². The van der Waals surface area contributed by atoms with Gasteiger partial charge in [-0.05, 0) is 0 Å². The number of nitrogens with two attached hydrogens (primary N) is 1. The summed E-state index contributed by atoms with van der Waals surface area (Å²) in [5.74, 6) is 0. The summed E-state index contributed by atoms with van der Waals surface area (Å²) in [4.78, 5) is 0. The van der Waals surface area contributed by atoms with E-state index in [-0.39, 0.29) is 6.54 Å². The number of aliphatic hydroxyl groups is 5. The lowest BCUT2D eigenvalue weighted by Gasteiger charge is -2.24. The third-order valence-electron chi connectivity index (χ3n) is 1.57. The van der Waals surface area contributed by atoms with Gasteiger partial charge in [0.2, 0.25) is 0 Å². The highest BCUT2D eigenvalue weighted by Gasteiger charge is 2.28. The van der Waals surface area contributed by atoms with Gasteiger partial charge in [-0.2, -0.15) is 0 Å². The van der Waals surface area contributed by atoms with Crippen LogP contribution in [0.3, 0.4) is 0 Å². The van der Waals surface area contributed by atoms with Gasteiger partial charge < -0.3 is 31.3 Å². The predicted molar refractivity (Wildman–Crippen MR) is 51.9 cm³/mol. The molecule has 0 aliphatic heterocycles.